The highest BCUT2D eigenvalue weighted by Crippen LogP contribution is 2.29. The predicted molar refractivity (Wildman–Crippen MR) is 58.5 cm³/mol. The van der Waals surface area contributed by atoms with Crippen molar-refractivity contribution >= 4 is 0 Å². The molecular formula is C11H11F3N4. The van der Waals surface area contributed by atoms with Crippen molar-refractivity contribution in [1.29, 1.82) is 0 Å². The number of aryl methyl sites for hydroxylation is 1. The van der Waals surface area contributed by atoms with Crippen LogP contribution in [0.5, 0.6) is 0 Å². The first-order valence-electron chi connectivity index (χ1n) is 5.16. The molecule has 2 aromatic rings. The van der Waals surface area contributed by atoms with E-state index in [-0.39, 0.29) is 0 Å². The molecule has 2 aromatic heterocycles. The van der Waals surface area contributed by atoms with Crippen LogP contribution in [-0.4, -0.2) is 14.8 Å². The summed E-state index contributed by atoms with van der Waals surface area (Å²) in [7, 11) is 1.73. The fraction of sp³-hybridized carbons (Fsp3) is 0.273. The van der Waals surface area contributed by atoms with Gasteiger partial charge in [-0.25, -0.2) is 0 Å². The van der Waals surface area contributed by atoms with E-state index < -0.39 is 17.8 Å². The van der Waals surface area contributed by atoms with Crippen LogP contribution in [0.2, 0.25) is 0 Å². The fourth-order valence-electron chi connectivity index (χ4n) is 1.51. The third-order valence-corrected chi connectivity index (χ3v) is 2.49. The third kappa shape index (κ3) is 2.51. The summed E-state index contributed by atoms with van der Waals surface area (Å²) < 4.78 is 38.6. The normalized spacial score (nSPS) is 13.6. The van der Waals surface area contributed by atoms with Crippen LogP contribution in [0.3, 0.4) is 0 Å². The molecule has 1 atom stereocenters. The van der Waals surface area contributed by atoms with Crippen molar-refractivity contribution in [2.75, 3.05) is 0 Å². The Bertz CT molecular complexity index is 530. The van der Waals surface area contributed by atoms with Crippen molar-refractivity contribution in [2.24, 2.45) is 12.8 Å². The Kier molecular flexibility index (Phi) is 3.08. The van der Waals surface area contributed by atoms with Crippen LogP contribution in [0.25, 0.3) is 0 Å². The van der Waals surface area contributed by atoms with Crippen molar-refractivity contribution in [3.05, 3.63) is 47.5 Å². The van der Waals surface area contributed by atoms with E-state index in [9.17, 15) is 13.2 Å². The number of nitrogens with two attached hydrogens (primary N) is 1. The van der Waals surface area contributed by atoms with Gasteiger partial charge < -0.3 is 5.73 Å². The van der Waals surface area contributed by atoms with Gasteiger partial charge in [0.25, 0.3) is 0 Å². The van der Waals surface area contributed by atoms with Crippen LogP contribution >= 0.6 is 0 Å². The summed E-state index contributed by atoms with van der Waals surface area (Å²) in [6.45, 7) is 0. The van der Waals surface area contributed by atoms with Gasteiger partial charge in [0, 0.05) is 19.4 Å². The van der Waals surface area contributed by atoms with E-state index in [1.54, 1.807) is 24.0 Å². The minimum absolute atomic E-state index is 0.349. The fourth-order valence-corrected chi connectivity index (χ4v) is 1.51. The lowest BCUT2D eigenvalue weighted by Crippen LogP contribution is -2.15. The summed E-state index contributed by atoms with van der Waals surface area (Å²) >= 11 is 0. The molecule has 0 spiro atoms. The van der Waals surface area contributed by atoms with E-state index in [1.807, 2.05) is 0 Å². The summed E-state index contributed by atoms with van der Waals surface area (Å²) in [5.41, 5.74) is 5.99. The quantitative estimate of drug-likeness (QED) is 0.892. The Morgan fingerprint density at radius 2 is 1.94 bits per heavy atom. The molecular weight excluding hydrogens is 245 g/mol. The first-order valence-corrected chi connectivity index (χ1v) is 5.16. The highest BCUT2D eigenvalue weighted by atomic mass is 19.4. The molecule has 0 aliphatic rings. The zero-order valence-electron chi connectivity index (χ0n) is 9.52. The maximum absolute atomic E-state index is 12.4. The monoisotopic (exact) mass is 256 g/mol. The third-order valence-electron chi connectivity index (χ3n) is 2.49. The molecule has 0 radical (unpaired) electrons. The van der Waals surface area contributed by atoms with Gasteiger partial charge in [-0.05, 0) is 18.2 Å². The van der Waals surface area contributed by atoms with E-state index in [4.69, 9.17) is 5.73 Å². The second kappa shape index (κ2) is 4.41. The maximum Gasteiger partial charge on any atom is 0.417 e. The van der Waals surface area contributed by atoms with Gasteiger partial charge in [-0.3, -0.25) is 9.67 Å². The Balaban J connectivity index is 2.24. The number of hydrogen-bond donors (Lipinski definition) is 1. The molecule has 2 rings (SSSR count). The lowest BCUT2D eigenvalue weighted by atomic mass is 10.1. The number of pyridine rings is 1. The Labute approximate surface area is 101 Å². The molecule has 0 saturated carbocycles. The van der Waals surface area contributed by atoms with Gasteiger partial charge in [0.05, 0.1) is 23.0 Å². The number of aromatic nitrogens is 3. The molecule has 1 unspecified atom stereocenters. The van der Waals surface area contributed by atoms with E-state index in [2.05, 4.69) is 10.1 Å². The average molecular weight is 256 g/mol. The zero-order valence-corrected chi connectivity index (χ0v) is 9.52. The standard InChI is InChI=1S/C11H11F3N4/c1-18-5-4-9(17-18)10(15)8-3-2-7(6-16-8)11(12,13)14/h2-6,10H,15H2,1H3. The first kappa shape index (κ1) is 12.6. The smallest absolute Gasteiger partial charge is 0.318 e. The van der Waals surface area contributed by atoms with Crippen molar-refractivity contribution in [3.63, 3.8) is 0 Å². The molecule has 0 aliphatic carbocycles. The van der Waals surface area contributed by atoms with E-state index >= 15 is 0 Å². The molecule has 0 bridgehead atoms. The Morgan fingerprint density at radius 1 is 1.22 bits per heavy atom. The molecule has 0 saturated heterocycles. The molecule has 0 aromatic carbocycles. The molecule has 2 N–H and O–H groups in total. The molecule has 4 nitrogen and oxygen atoms in total. The molecule has 0 amide bonds. The van der Waals surface area contributed by atoms with Crippen molar-refractivity contribution in [1.82, 2.24) is 14.8 Å². The number of hydrogen-bond acceptors (Lipinski definition) is 3. The lowest BCUT2D eigenvalue weighted by Gasteiger charge is -2.10. The minimum Gasteiger partial charge on any atom is -0.318 e. The van der Waals surface area contributed by atoms with E-state index in [0.717, 1.165) is 12.3 Å². The minimum atomic E-state index is -4.39. The topological polar surface area (TPSA) is 56.7 Å². The number of halogens is 3. The van der Waals surface area contributed by atoms with Gasteiger partial charge in [0.15, 0.2) is 0 Å². The molecule has 18 heavy (non-hydrogen) atoms. The largest absolute Gasteiger partial charge is 0.417 e. The van der Waals surface area contributed by atoms with Gasteiger partial charge >= 0.3 is 6.18 Å². The summed E-state index contributed by atoms with van der Waals surface area (Å²) in [6, 6.07) is 3.30. The summed E-state index contributed by atoms with van der Waals surface area (Å²) in [5, 5.41) is 4.09. The summed E-state index contributed by atoms with van der Waals surface area (Å²) in [5.74, 6) is 0. The molecule has 2 heterocycles. The molecule has 0 aliphatic heterocycles. The van der Waals surface area contributed by atoms with Gasteiger partial charge in [-0.2, -0.15) is 18.3 Å². The van der Waals surface area contributed by atoms with E-state index in [1.165, 1.54) is 6.07 Å². The van der Waals surface area contributed by atoms with Crippen molar-refractivity contribution in [3.8, 4) is 0 Å². The van der Waals surface area contributed by atoms with Gasteiger partial charge in [0.2, 0.25) is 0 Å². The average Bonchev–Trinajstić information content (AvgIpc) is 2.74. The second-order valence-electron chi connectivity index (χ2n) is 3.86. The molecule has 7 heteroatoms. The second-order valence-corrected chi connectivity index (χ2v) is 3.86. The highest BCUT2D eigenvalue weighted by Gasteiger charge is 2.30. The highest BCUT2D eigenvalue weighted by molar-refractivity contribution is 5.24. The van der Waals surface area contributed by atoms with E-state index in [0.29, 0.717) is 11.4 Å². The molecule has 0 fully saturated rings. The predicted octanol–water partition coefficient (Wildman–Crippen LogP) is 1.88. The van der Waals surface area contributed by atoms with Crippen molar-refractivity contribution < 1.29 is 13.2 Å². The van der Waals surface area contributed by atoms with Crippen LogP contribution in [0, 0.1) is 0 Å². The summed E-state index contributed by atoms with van der Waals surface area (Å²) in [4.78, 5) is 3.74. The number of alkyl halides is 3. The lowest BCUT2D eigenvalue weighted by molar-refractivity contribution is -0.137. The van der Waals surface area contributed by atoms with Crippen LogP contribution in [0.1, 0.15) is 23.0 Å². The van der Waals surface area contributed by atoms with Crippen molar-refractivity contribution in [2.45, 2.75) is 12.2 Å². The van der Waals surface area contributed by atoms with Gasteiger partial charge in [-0.1, -0.05) is 0 Å². The van der Waals surface area contributed by atoms with Gasteiger partial charge in [-0.15, -0.1) is 0 Å². The first-order chi connectivity index (χ1) is 8.38. The Hall–Kier alpha value is -1.89. The Morgan fingerprint density at radius 3 is 2.39 bits per heavy atom. The molecule has 96 valence electrons. The van der Waals surface area contributed by atoms with Gasteiger partial charge in [0.1, 0.15) is 0 Å². The SMILES string of the molecule is Cn1ccc(C(N)c2ccc(C(F)(F)F)cn2)n1. The summed E-state index contributed by atoms with van der Waals surface area (Å²) in [6.07, 6.45) is -1.90. The maximum atomic E-state index is 12.4. The van der Waals surface area contributed by atoms with Crippen LogP contribution in [0.4, 0.5) is 13.2 Å². The zero-order chi connectivity index (χ0) is 13.3. The number of nitrogens with zero attached hydrogens (tertiary/aromatic N) is 3. The van der Waals surface area contributed by atoms with Crippen LogP contribution < -0.4 is 5.73 Å². The number of rotatable bonds is 2. The van der Waals surface area contributed by atoms with Crippen LogP contribution in [-0.2, 0) is 13.2 Å². The van der Waals surface area contributed by atoms with Crippen LogP contribution in [0.15, 0.2) is 30.6 Å².